The molecule has 0 spiro atoms. The summed E-state index contributed by atoms with van der Waals surface area (Å²) in [7, 11) is 0. The molecular formula is C99H70. The summed E-state index contributed by atoms with van der Waals surface area (Å²) in [4.78, 5) is 0. The molecule has 0 saturated heterocycles. The molecule has 0 aliphatic heterocycles. The van der Waals surface area contributed by atoms with E-state index in [1.54, 1.807) is 0 Å². The molecule has 0 aliphatic rings. The molecule has 466 valence electrons. The molecule has 0 unspecified atom stereocenters. The van der Waals surface area contributed by atoms with Gasteiger partial charge in [0.1, 0.15) is 0 Å². The van der Waals surface area contributed by atoms with Gasteiger partial charge in [-0.3, -0.25) is 0 Å². The molecule has 20 aromatic carbocycles. The van der Waals surface area contributed by atoms with Crippen molar-refractivity contribution in [3.8, 4) is 77.9 Å². The van der Waals surface area contributed by atoms with E-state index >= 15 is 0 Å². The highest BCUT2D eigenvalue weighted by Crippen LogP contribution is 2.47. The largest absolute Gasteiger partial charge is 0.0622 e. The van der Waals surface area contributed by atoms with Crippen LogP contribution in [-0.4, -0.2) is 0 Å². The first-order valence-corrected chi connectivity index (χ1v) is 34.7. The molecule has 0 aliphatic carbocycles. The number of aryl methyl sites for hydroxylation is 5. The number of benzene rings is 20. The minimum absolute atomic E-state index is 1.26. The molecule has 0 fully saturated rings. The van der Waals surface area contributed by atoms with E-state index in [9.17, 15) is 0 Å². The molecule has 0 radical (unpaired) electrons. The van der Waals surface area contributed by atoms with Crippen LogP contribution in [0.15, 0.2) is 334 Å². The van der Waals surface area contributed by atoms with Crippen LogP contribution in [0.2, 0.25) is 0 Å². The van der Waals surface area contributed by atoms with E-state index in [-0.39, 0.29) is 0 Å². The highest BCUT2D eigenvalue weighted by Gasteiger charge is 2.20. The lowest BCUT2D eigenvalue weighted by atomic mass is 9.86. The van der Waals surface area contributed by atoms with Crippen molar-refractivity contribution in [3.05, 3.63) is 361 Å². The summed E-state index contributed by atoms with van der Waals surface area (Å²) in [6.45, 7) is 10.9. The van der Waals surface area contributed by atoms with Crippen LogP contribution in [0, 0.1) is 34.6 Å². The Kier molecular flexibility index (Phi) is 14.5. The second-order valence-electron chi connectivity index (χ2n) is 27.3. The minimum Gasteiger partial charge on any atom is -0.0622 e. The smallest absolute Gasteiger partial charge is 0.00203 e. The Bertz CT molecular complexity index is 6490. The molecule has 0 N–H and O–H groups in total. The fourth-order valence-corrected chi connectivity index (χ4v) is 16.2. The maximum absolute atomic E-state index is 2.35. The zero-order chi connectivity index (χ0) is 66.4. The Labute approximate surface area is 578 Å². The summed E-state index contributed by atoms with van der Waals surface area (Å²) >= 11 is 0. The van der Waals surface area contributed by atoms with Crippen molar-refractivity contribution < 1.29 is 0 Å². The zero-order valence-corrected chi connectivity index (χ0v) is 56.3. The minimum atomic E-state index is 1.26. The summed E-state index contributed by atoms with van der Waals surface area (Å²) in [5.41, 5.74) is 24.6. The van der Waals surface area contributed by atoms with Gasteiger partial charge in [0, 0.05) is 0 Å². The SMILES string of the molecule is Cc1ccc(-c2ccc3ccc4c(-c5ccc6ccccc6c5)ccc5ccc2c3c54)c(C)c1.Cc1ccc(-c2ccc3ccc4c(-c5ccccc5)ccc5ccc2c3c54)cc1-c1ccccc1.Cc1ccc(-c2ccc3ccc4c(-c5ccccc5)ccc5ccc2c3c54)cc1C. The second kappa shape index (κ2) is 24.2. The number of hydrogen-bond donors (Lipinski definition) is 0. The van der Waals surface area contributed by atoms with E-state index in [2.05, 4.69) is 368 Å². The first-order chi connectivity index (χ1) is 48.6. The highest BCUT2D eigenvalue weighted by molar-refractivity contribution is 6.30. The normalized spacial score (nSPS) is 11.7. The maximum Gasteiger partial charge on any atom is -0.00203 e. The van der Waals surface area contributed by atoms with Gasteiger partial charge in [0.2, 0.25) is 0 Å². The summed E-state index contributed by atoms with van der Waals surface area (Å²) in [6.07, 6.45) is 0. The Balaban J connectivity index is 0.000000108. The van der Waals surface area contributed by atoms with E-state index in [1.807, 2.05) is 0 Å². The lowest BCUT2D eigenvalue weighted by Gasteiger charge is -2.17. The maximum atomic E-state index is 2.35. The van der Waals surface area contributed by atoms with Crippen molar-refractivity contribution in [1.29, 1.82) is 0 Å². The Morgan fingerprint density at radius 2 is 0.444 bits per heavy atom. The van der Waals surface area contributed by atoms with Crippen LogP contribution in [0.5, 0.6) is 0 Å². The van der Waals surface area contributed by atoms with Gasteiger partial charge in [0.25, 0.3) is 0 Å². The van der Waals surface area contributed by atoms with Crippen molar-refractivity contribution in [3.63, 3.8) is 0 Å². The molecular weight excluding hydrogens is 1190 g/mol. The van der Waals surface area contributed by atoms with Crippen molar-refractivity contribution in [2.24, 2.45) is 0 Å². The molecule has 0 atom stereocenters. The van der Waals surface area contributed by atoms with E-state index in [1.165, 1.54) is 213 Å². The molecule has 20 aromatic rings. The fourth-order valence-electron chi connectivity index (χ4n) is 16.2. The van der Waals surface area contributed by atoms with Crippen LogP contribution in [0.1, 0.15) is 27.8 Å². The Morgan fingerprint density at radius 1 is 0.141 bits per heavy atom. The molecule has 0 bridgehead atoms. The average Bonchev–Trinajstić information content (AvgIpc) is 0.739. The van der Waals surface area contributed by atoms with Crippen LogP contribution in [-0.2, 0) is 0 Å². The van der Waals surface area contributed by atoms with Gasteiger partial charge < -0.3 is 0 Å². The first-order valence-electron chi connectivity index (χ1n) is 34.7. The van der Waals surface area contributed by atoms with E-state index in [0.29, 0.717) is 0 Å². The molecule has 0 amide bonds. The summed E-state index contributed by atoms with van der Waals surface area (Å²) < 4.78 is 0. The topological polar surface area (TPSA) is 0 Å². The lowest BCUT2D eigenvalue weighted by Crippen LogP contribution is -1.91. The standard InChI is InChI=1S/C35H24.C34H24.C30H22/c1-23-12-13-28(22-33(23)25-10-6-3-7-11-25)30-19-15-27-16-20-31-29(24-8-4-2-5-9-24)18-14-26-17-21-32(30)35(27)34(26)31;1-21-7-14-28(22(2)19-21)30-16-11-25-12-17-31-29(15-10-24-13-18-32(30)34(25)33(24)31)27-9-8-23-5-3-4-6-26(23)20-27;1-19-8-9-24(18-20(19)2)26-15-11-23-12-16-27-25(21-6-4-3-5-7-21)14-10-22-13-17-28(26)30(23)29(22)27/h2-22H,1H3;3-20H,1-2H3;3-18H,1-2H3. The third kappa shape index (κ3) is 10.2. The van der Waals surface area contributed by atoms with Crippen LogP contribution in [0.3, 0.4) is 0 Å². The molecule has 20 rings (SSSR count). The predicted molar refractivity (Wildman–Crippen MR) is 430 cm³/mol. The first kappa shape index (κ1) is 59.3. The number of fused-ring (bicyclic) bond motifs is 1. The van der Waals surface area contributed by atoms with E-state index in [0.717, 1.165) is 0 Å². The second-order valence-corrected chi connectivity index (χ2v) is 27.3. The highest BCUT2D eigenvalue weighted by atomic mass is 14.2. The molecule has 99 heavy (non-hydrogen) atoms. The van der Waals surface area contributed by atoms with Crippen molar-refractivity contribution in [1.82, 2.24) is 0 Å². The number of hydrogen-bond acceptors (Lipinski definition) is 0. The molecule has 0 heteroatoms. The van der Waals surface area contributed by atoms with E-state index in [4.69, 9.17) is 0 Å². The third-order valence-corrected chi connectivity index (χ3v) is 21.3. The van der Waals surface area contributed by atoms with Gasteiger partial charge in [-0.2, -0.15) is 0 Å². The summed E-state index contributed by atoms with van der Waals surface area (Å²) in [5.74, 6) is 0. The van der Waals surface area contributed by atoms with Crippen molar-refractivity contribution >= 4 is 108 Å². The Morgan fingerprint density at radius 3 is 0.859 bits per heavy atom. The van der Waals surface area contributed by atoms with Gasteiger partial charge in [-0.15, -0.1) is 0 Å². The van der Waals surface area contributed by atoms with E-state index < -0.39 is 0 Å². The van der Waals surface area contributed by atoms with Crippen LogP contribution in [0.25, 0.3) is 186 Å². The van der Waals surface area contributed by atoms with Crippen molar-refractivity contribution in [2.75, 3.05) is 0 Å². The summed E-state index contributed by atoms with van der Waals surface area (Å²) in [5, 5.41) is 26.5. The van der Waals surface area contributed by atoms with Crippen LogP contribution in [0.4, 0.5) is 0 Å². The molecule has 0 nitrogen and oxygen atoms in total. The van der Waals surface area contributed by atoms with Gasteiger partial charge in [-0.25, -0.2) is 0 Å². The zero-order valence-electron chi connectivity index (χ0n) is 56.3. The lowest BCUT2D eigenvalue weighted by molar-refractivity contribution is 1.34. The summed E-state index contributed by atoms with van der Waals surface area (Å²) in [6, 6.07) is 123. The van der Waals surface area contributed by atoms with Crippen molar-refractivity contribution in [2.45, 2.75) is 34.6 Å². The van der Waals surface area contributed by atoms with Crippen LogP contribution >= 0.6 is 0 Å². The fraction of sp³-hybridized carbons (Fsp3) is 0.0505. The van der Waals surface area contributed by atoms with Gasteiger partial charge in [-0.05, 0) is 255 Å². The van der Waals surface area contributed by atoms with Gasteiger partial charge >= 0.3 is 0 Å². The van der Waals surface area contributed by atoms with Gasteiger partial charge in [0.05, 0.1) is 0 Å². The Hall–Kier alpha value is -12.2. The van der Waals surface area contributed by atoms with Crippen LogP contribution < -0.4 is 0 Å². The third-order valence-electron chi connectivity index (χ3n) is 21.3. The number of rotatable bonds is 7. The predicted octanol–water partition coefficient (Wildman–Crippen LogP) is 28.1. The molecule has 0 saturated carbocycles. The van der Waals surface area contributed by atoms with Gasteiger partial charge in [-0.1, -0.05) is 327 Å². The van der Waals surface area contributed by atoms with Gasteiger partial charge in [0.15, 0.2) is 0 Å². The average molecular weight is 1260 g/mol. The molecule has 0 aromatic heterocycles. The monoisotopic (exact) mass is 1260 g/mol. The molecule has 0 heterocycles. The quantitative estimate of drug-likeness (QED) is 0.140.